The zero-order valence-corrected chi connectivity index (χ0v) is 14.1. The minimum atomic E-state index is -4.73. The van der Waals surface area contributed by atoms with Crippen LogP contribution in [0.3, 0.4) is 0 Å². The molecule has 11 heteroatoms. The Hall–Kier alpha value is -3.50. The standard InChI is InChI=1S/C16H14F3N3O5/c1-26-13-6-3-9(7-14(13)27-2)15(23)21-20-11-5-4-10(16(17,18)19)8-12(11)22(24)25/h3-8,20H,1-2H3,(H,21,23). The quantitative estimate of drug-likeness (QED) is 0.584. The van der Waals surface area contributed by atoms with Gasteiger partial charge in [-0.15, -0.1) is 0 Å². The Bertz CT molecular complexity index is 871. The molecule has 0 aliphatic heterocycles. The van der Waals surface area contributed by atoms with Crippen molar-refractivity contribution < 1.29 is 32.4 Å². The molecule has 1 amide bonds. The molecule has 0 aromatic heterocycles. The summed E-state index contributed by atoms with van der Waals surface area (Å²) in [6, 6.07) is 6.17. The van der Waals surface area contributed by atoms with Gasteiger partial charge in [-0.1, -0.05) is 0 Å². The van der Waals surface area contributed by atoms with E-state index < -0.39 is 28.3 Å². The van der Waals surface area contributed by atoms with Crippen LogP contribution in [0.4, 0.5) is 24.5 Å². The largest absolute Gasteiger partial charge is 0.493 e. The molecule has 0 bridgehead atoms. The van der Waals surface area contributed by atoms with Gasteiger partial charge < -0.3 is 9.47 Å². The van der Waals surface area contributed by atoms with Crippen LogP contribution in [0.5, 0.6) is 11.5 Å². The number of hydrogen-bond donors (Lipinski definition) is 2. The number of hydrazine groups is 1. The van der Waals surface area contributed by atoms with Crippen molar-refractivity contribution in [3.63, 3.8) is 0 Å². The van der Waals surface area contributed by atoms with E-state index in [2.05, 4.69) is 10.9 Å². The molecule has 2 N–H and O–H groups in total. The minimum Gasteiger partial charge on any atom is -0.493 e. The Kier molecular flexibility index (Phi) is 5.73. The second kappa shape index (κ2) is 7.81. The van der Waals surface area contributed by atoms with Gasteiger partial charge in [0.25, 0.3) is 11.6 Å². The van der Waals surface area contributed by atoms with Crippen molar-refractivity contribution >= 4 is 17.3 Å². The van der Waals surface area contributed by atoms with E-state index in [0.717, 1.165) is 6.07 Å². The first-order valence-electron chi connectivity index (χ1n) is 7.31. The zero-order valence-electron chi connectivity index (χ0n) is 14.1. The number of anilines is 1. The Morgan fingerprint density at radius 3 is 2.30 bits per heavy atom. The second-order valence-electron chi connectivity index (χ2n) is 5.14. The van der Waals surface area contributed by atoms with Gasteiger partial charge in [-0.25, -0.2) is 0 Å². The van der Waals surface area contributed by atoms with Gasteiger partial charge in [0.15, 0.2) is 11.5 Å². The van der Waals surface area contributed by atoms with Gasteiger partial charge in [0.1, 0.15) is 5.69 Å². The van der Waals surface area contributed by atoms with Crippen LogP contribution in [-0.4, -0.2) is 25.1 Å². The Balaban J connectivity index is 2.21. The summed E-state index contributed by atoms with van der Waals surface area (Å²) < 4.78 is 48.2. The monoisotopic (exact) mass is 385 g/mol. The fourth-order valence-electron chi connectivity index (χ4n) is 2.14. The first-order chi connectivity index (χ1) is 12.7. The predicted molar refractivity (Wildman–Crippen MR) is 88.7 cm³/mol. The molecule has 2 rings (SSSR count). The van der Waals surface area contributed by atoms with Crippen molar-refractivity contribution in [2.24, 2.45) is 0 Å². The molecular weight excluding hydrogens is 371 g/mol. The summed E-state index contributed by atoms with van der Waals surface area (Å²) in [5.41, 5.74) is 2.26. The highest BCUT2D eigenvalue weighted by Crippen LogP contribution is 2.34. The summed E-state index contributed by atoms with van der Waals surface area (Å²) in [5.74, 6) is -0.0174. The van der Waals surface area contributed by atoms with Crippen LogP contribution in [-0.2, 0) is 6.18 Å². The second-order valence-corrected chi connectivity index (χ2v) is 5.14. The molecule has 144 valence electrons. The van der Waals surface area contributed by atoms with Crippen molar-refractivity contribution in [2.45, 2.75) is 6.18 Å². The first kappa shape index (κ1) is 19.8. The lowest BCUT2D eigenvalue weighted by Gasteiger charge is -2.12. The summed E-state index contributed by atoms with van der Waals surface area (Å²) in [6.45, 7) is 0. The van der Waals surface area contributed by atoms with Crippen LogP contribution in [0.25, 0.3) is 0 Å². The number of halogens is 3. The molecule has 0 fully saturated rings. The fraction of sp³-hybridized carbons (Fsp3) is 0.188. The lowest BCUT2D eigenvalue weighted by atomic mass is 10.1. The molecule has 0 spiro atoms. The number of nitrogens with zero attached hydrogens (tertiary/aromatic N) is 1. The molecule has 2 aromatic rings. The molecule has 27 heavy (non-hydrogen) atoms. The van der Waals surface area contributed by atoms with E-state index in [4.69, 9.17) is 9.47 Å². The fourth-order valence-corrected chi connectivity index (χ4v) is 2.14. The molecule has 0 unspecified atom stereocenters. The molecule has 0 saturated heterocycles. The number of alkyl halides is 3. The van der Waals surface area contributed by atoms with E-state index in [1.807, 2.05) is 0 Å². The molecule has 2 aromatic carbocycles. The van der Waals surface area contributed by atoms with Crippen LogP contribution >= 0.6 is 0 Å². The topological polar surface area (TPSA) is 103 Å². The van der Waals surface area contributed by atoms with E-state index in [9.17, 15) is 28.1 Å². The number of rotatable bonds is 6. The summed E-state index contributed by atoms with van der Waals surface area (Å²) in [6.07, 6.45) is -4.73. The average molecular weight is 385 g/mol. The van der Waals surface area contributed by atoms with Crippen LogP contribution in [0.15, 0.2) is 36.4 Å². The number of nitro groups is 1. The van der Waals surface area contributed by atoms with Gasteiger partial charge in [-0.2, -0.15) is 13.2 Å². The zero-order chi connectivity index (χ0) is 20.2. The molecule has 0 heterocycles. The summed E-state index contributed by atoms with van der Waals surface area (Å²) >= 11 is 0. The Morgan fingerprint density at radius 1 is 1.07 bits per heavy atom. The number of nitro benzene ring substituents is 1. The number of amides is 1. The maximum atomic E-state index is 12.7. The maximum Gasteiger partial charge on any atom is 0.416 e. The maximum absolute atomic E-state index is 12.7. The molecule has 0 atom stereocenters. The average Bonchev–Trinajstić information content (AvgIpc) is 2.64. The highest BCUT2D eigenvalue weighted by molar-refractivity contribution is 5.95. The van der Waals surface area contributed by atoms with Crippen molar-refractivity contribution in [3.8, 4) is 11.5 Å². The molecule has 0 aliphatic carbocycles. The molecule has 8 nitrogen and oxygen atoms in total. The Labute approximate surface area is 151 Å². The van der Waals surface area contributed by atoms with Crippen molar-refractivity contribution in [1.82, 2.24) is 5.43 Å². The van der Waals surface area contributed by atoms with Crippen molar-refractivity contribution in [1.29, 1.82) is 0 Å². The lowest BCUT2D eigenvalue weighted by molar-refractivity contribution is -0.384. The number of ether oxygens (including phenoxy) is 2. The van der Waals surface area contributed by atoms with E-state index >= 15 is 0 Å². The van der Waals surface area contributed by atoms with Gasteiger partial charge in [0.05, 0.1) is 24.7 Å². The van der Waals surface area contributed by atoms with Crippen LogP contribution in [0.1, 0.15) is 15.9 Å². The molecular formula is C16H14F3N3O5. The third kappa shape index (κ3) is 4.57. The summed E-state index contributed by atoms with van der Waals surface area (Å²) in [7, 11) is 2.80. The van der Waals surface area contributed by atoms with Crippen molar-refractivity contribution in [3.05, 3.63) is 57.6 Å². The molecule has 0 aliphatic rings. The highest BCUT2D eigenvalue weighted by Gasteiger charge is 2.33. The van der Waals surface area contributed by atoms with Crippen molar-refractivity contribution in [2.75, 3.05) is 19.6 Å². The van der Waals surface area contributed by atoms with E-state index in [1.165, 1.54) is 32.4 Å². The van der Waals surface area contributed by atoms with Gasteiger partial charge in [-0.05, 0) is 30.3 Å². The summed E-state index contributed by atoms with van der Waals surface area (Å²) in [4.78, 5) is 22.2. The lowest BCUT2D eigenvalue weighted by Crippen LogP contribution is -2.29. The number of nitrogens with one attached hydrogen (secondary N) is 2. The van der Waals surface area contributed by atoms with Crippen LogP contribution in [0, 0.1) is 10.1 Å². The summed E-state index contributed by atoms with van der Waals surface area (Å²) in [5, 5.41) is 11.0. The number of carbonyl (C=O) groups is 1. The third-order valence-electron chi connectivity index (χ3n) is 3.48. The van der Waals surface area contributed by atoms with Gasteiger partial charge in [-0.3, -0.25) is 25.8 Å². The predicted octanol–water partition coefficient (Wildman–Crippen LogP) is 3.39. The minimum absolute atomic E-state index is 0.134. The van der Waals surface area contributed by atoms with Crippen LogP contribution in [0.2, 0.25) is 0 Å². The van der Waals surface area contributed by atoms with E-state index in [1.54, 1.807) is 0 Å². The molecule has 0 saturated carbocycles. The number of carbonyl (C=O) groups excluding carboxylic acids is 1. The number of hydrogen-bond acceptors (Lipinski definition) is 6. The highest BCUT2D eigenvalue weighted by atomic mass is 19.4. The van der Waals surface area contributed by atoms with Gasteiger partial charge in [0, 0.05) is 11.6 Å². The third-order valence-corrected chi connectivity index (χ3v) is 3.48. The number of methoxy groups -OCH3 is 2. The van der Waals surface area contributed by atoms with Crippen LogP contribution < -0.4 is 20.3 Å². The normalized spacial score (nSPS) is 10.9. The Morgan fingerprint density at radius 2 is 1.74 bits per heavy atom. The van der Waals surface area contributed by atoms with E-state index in [-0.39, 0.29) is 17.0 Å². The molecule has 0 radical (unpaired) electrons. The van der Waals surface area contributed by atoms with Gasteiger partial charge in [0.2, 0.25) is 0 Å². The first-order valence-corrected chi connectivity index (χ1v) is 7.31. The van der Waals surface area contributed by atoms with Gasteiger partial charge >= 0.3 is 6.18 Å². The smallest absolute Gasteiger partial charge is 0.416 e. The number of benzene rings is 2. The van der Waals surface area contributed by atoms with E-state index in [0.29, 0.717) is 17.9 Å². The SMILES string of the molecule is COc1ccc(C(=O)NNc2ccc(C(F)(F)F)cc2[N+](=O)[O-])cc1OC.